The Labute approximate surface area is 101 Å². The highest BCUT2D eigenvalue weighted by molar-refractivity contribution is 5.91. The van der Waals surface area contributed by atoms with E-state index in [1.165, 1.54) is 0 Å². The summed E-state index contributed by atoms with van der Waals surface area (Å²) in [6.45, 7) is 4.36. The number of Topliss-reactive ketones (excluding diaryl/α,β-unsaturated/α-hetero) is 1. The average molecular weight is 244 g/mol. The summed E-state index contributed by atoms with van der Waals surface area (Å²) in [5.74, 6) is -2.86. The number of aliphatic carboxylic acids is 1. The number of hydrogen-bond acceptors (Lipinski definition) is 4. The van der Waals surface area contributed by atoms with Gasteiger partial charge in [-0.05, 0) is 26.7 Å². The van der Waals surface area contributed by atoms with Gasteiger partial charge < -0.3 is 14.6 Å². The van der Waals surface area contributed by atoms with Gasteiger partial charge in [-0.2, -0.15) is 0 Å². The van der Waals surface area contributed by atoms with Crippen LogP contribution in [0, 0.1) is 5.92 Å². The first-order valence-electron chi connectivity index (χ1n) is 6.09. The molecule has 0 amide bonds. The molecule has 98 valence electrons. The van der Waals surface area contributed by atoms with Crippen molar-refractivity contribution >= 4 is 11.8 Å². The third kappa shape index (κ3) is 3.26. The number of carbonyl (C=O) groups excluding carboxylic acids is 1. The lowest BCUT2D eigenvalue weighted by Gasteiger charge is -2.38. The number of rotatable bonds is 6. The summed E-state index contributed by atoms with van der Waals surface area (Å²) in [4.78, 5) is 23.0. The highest BCUT2D eigenvalue weighted by atomic mass is 16.7. The van der Waals surface area contributed by atoms with E-state index in [9.17, 15) is 9.59 Å². The van der Waals surface area contributed by atoms with Crippen LogP contribution in [0.25, 0.3) is 0 Å². The van der Waals surface area contributed by atoms with Crippen LogP contribution in [0.1, 0.15) is 39.5 Å². The van der Waals surface area contributed by atoms with E-state index >= 15 is 0 Å². The van der Waals surface area contributed by atoms with E-state index < -0.39 is 17.7 Å². The van der Waals surface area contributed by atoms with Crippen molar-refractivity contribution in [3.8, 4) is 0 Å². The Morgan fingerprint density at radius 1 is 1.41 bits per heavy atom. The van der Waals surface area contributed by atoms with E-state index in [-0.39, 0.29) is 12.2 Å². The van der Waals surface area contributed by atoms with Crippen LogP contribution in [0.4, 0.5) is 0 Å². The third-order valence-electron chi connectivity index (χ3n) is 2.98. The molecule has 0 radical (unpaired) electrons. The van der Waals surface area contributed by atoms with Crippen molar-refractivity contribution in [3.63, 3.8) is 0 Å². The maximum atomic E-state index is 12.2. The summed E-state index contributed by atoms with van der Waals surface area (Å²) >= 11 is 0. The second kappa shape index (κ2) is 6.12. The van der Waals surface area contributed by atoms with Gasteiger partial charge in [-0.15, -0.1) is 0 Å². The fourth-order valence-corrected chi connectivity index (χ4v) is 2.35. The van der Waals surface area contributed by atoms with Crippen LogP contribution in [-0.2, 0) is 19.1 Å². The molecule has 0 bridgehead atoms. The van der Waals surface area contributed by atoms with Crippen molar-refractivity contribution in [1.82, 2.24) is 0 Å². The van der Waals surface area contributed by atoms with Gasteiger partial charge in [0.1, 0.15) is 0 Å². The topological polar surface area (TPSA) is 72.8 Å². The van der Waals surface area contributed by atoms with E-state index in [1.807, 2.05) is 0 Å². The SMILES string of the molecule is CCOC1(OCC)CCCC(CC(=O)O)C1=O. The molecule has 1 aliphatic rings. The summed E-state index contributed by atoms with van der Waals surface area (Å²) in [5, 5.41) is 8.78. The van der Waals surface area contributed by atoms with Gasteiger partial charge in [0.15, 0.2) is 5.78 Å². The minimum absolute atomic E-state index is 0.138. The number of ether oxygens (including phenoxy) is 2. The molecule has 1 unspecified atom stereocenters. The molecule has 1 aliphatic carbocycles. The smallest absolute Gasteiger partial charge is 0.304 e. The Kier molecular flexibility index (Phi) is 5.08. The molecule has 5 nitrogen and oxygen atoms in total. The first-order chi connectivity index (χ1) is 8.05. The molecule has 1 atom stereocenters. The minimum atomic E-state index is -1.21. The van der Waals surface area contributed by atoms with E-state index in [1.54, 1.807) is 13.8 Å². The summed E-state index contributed by atoms with van der Waals surface area (Å²) in [7, 11) is 0. The predicted molar refractivity (Wildman–Crippen MR) is 60.6 cm³/mol. The van der Waals surface area contributed by atoms with Gasteiger partial charge >= 0.3 is 5.97 Å². The first kappa shape index (κ1) is 14.1. The number of carboxylic acid groups (broad SMARTS) is 1. The lowest BCUT2D eigenvalue weighted by Crippen LogP contribution is -2.50. The summed E-state index contributed by atoms with van der Waals surface area (Å²) in [5.41, 5.74) is 0. The van der Waals surface area contributed by atoms with Crippen LogP contribution in [0.3, 0.4) is 0 Å². The Morgan fingerprint density at radius 3 is 2.47 bits per heavy atom. The van der Waals surface area contributed by atoms with Crippen molar-refractivity contribution in [3.05, 3.63) is 0 Å². The van der Waals surface area contributed by atoms with E-state index in [0.717, 1.165) is 6.42 Å². The maximum absolute atomic E-state index is 12.2. The molecular formula is C12H20O5. The molecule has 1 rings (SSSR count). The quantitative estimate of drug-likeness (QED) is 0.718. The van der Waals surface area contributed by atoms with Gasteiger partial charge in [-0.1, -0.05) is 0 Å². The number of carboxylic acids is 1. The largest absolute Gasteiger partial charge is 0.481 e. The zero-order chi connectivity index (χ0) is 12.9. The lowest BCUT2D eigenvalue weighted by molar-refractivity contribution is -0.238. The van der Waals surface area contributed by atoms with E-state index in [2.05, 4.69) is 0 Å². The van der Waals surface area contributed by atoms with Gasteiger partial charge in [0.25, 0.3) is 0 Å². The molecule has 0 aromatic carbocycles. The Hall–Kier alpha value is -0.940. The molecule has 0 saturated heterocycles. The molecule has 1 fully saturated rings. The standard InChI is InChI=1S/C12H20O5/c1-3-16-12(17-4-2)7-5-6-9(11(12)15)8-10(13)14/h9H,3-8H2,1-2H3,(H,13,14). The fraction of sp³-hybridized carbons (Fsp3) is 0.833. The van der Waals surface area contributed by atoms with Crippen molar-refractivity contribution < 1.29 is 24.2 Å². The molecular weight excluding hydrogens is 224 g/mol. The molecule has 5 heteroatoms. The minimum Gasteiger partial charge on any atom is -0.481 e. The maximum Gasteiger partial charge on any atom is 0.304 e. The van der Waals surface area contributed by atoms with Crippen LogP contribution < -0.4 is 0 Å². The monoisotopic (exact) mass is 244 g/mol. The van der Waals surface area contributed by atoms with Gasteiger partial charge in [-0.25, -0.2) is 0 Å². The Bertz CT molecular complexity index is 275. The van der Waals surface area contributed by atoms with Gasteiger partial charge in [0.2, 0.25) is 5.79 Å². The predicted octanol–water partition coefficient (Wildman–Crippen LogP) is 1.60. The summed E-state index contributed by atoms with van der Waals surface area (Å²) in [6, 6.07) is 0. The van der Waals surface area contributed by atoms with Crippen molar-refractivity contribution in [2.75, 3.05) is 13.2 Å². The fourth-order valence-electron chi connectivity index (χ4n) is 2.35. The van der Waals surface area contributed by atoms with Crippen molar-refractivity contribution in [2.24, 2.45) is 5.92 Å². The lowest BCUT2D eigenvalue weighted by atomic mass is 9.81. The second-order valence-corrected chi connectivity index (χ2v) is 4.17. The zero-order valence-electron chi connectivity index (χ0n) is 10.4. The third-order valence-corrected chi connectivity index (χ3v) is 2.98. The van der Waals surface area contributed by atoms with Crippen LogP contribution in [0.5, 0.6) is 0 Å². The molecule has 0 aromatic rings. The van der Waals surface area contributed by atoms with Gasteiger partial charge in [-0.3, -0.25) is 9.59 Å². The normalized spacial score (nSPS) is 23.6. The van der Waals surface area contributed by atoms with Crippen molar-refractivity contribution in [1.29, 1.82) is 0 Å². The number of hydrogen-bond donors (Lipinski definition) is 1. The zero-order valence-corrected chi connectivity index (χ0v) is 10.4. The van der Waals surface area contributed by atoms with Crippen LogP contribution in [0.15, 0.2) is 0 Å². The van der Waals surface area contributed by atoms with E-state index in [0.29, 0.717) is 26.1 Å². The Morgan fingerprint density at radius 2 is 2.00 bits per heavy atom. The van der Waals surface area contributed by atoms with Crippen LogP contribution >= 0.6 is 0 Å². The molecule has 0 aromatic heterocycles. The van der Waals surface area contributed by atoms with Gasteiger partial charge in [0, 0.05) is 25.6 Å². The summed E-state index contributed by atoms with van der Waals surface area (Å²) < 4.78 is 10.9. The first-order valence-corrected chi connectivity index (χ1v) is 6.09. The summed E-state index contributed by atoms with van der Waals surface area (Å²) in [6.07, 6.45) is 1.74. The molecule has 0 aliphatic heterocycles. The van der Waals surface area contributed by atoms with Crippen LogP contribution in [-0.4, -0.2) is 35.9 Å². The van der Waals surface area contributed by atoms with Crippen molar-refractivity contribution in [2.45, 2.75) is 45.3 Å². The highest BCUT2D eigenvalue weighted by Crippen LogP contribution is 2.34. The molecule has 1 saturated carbocycles. The number of ketones is 1. The molecule has 1 N–H and O–H groups in total. The molecule has 0 heterocycles. The van der Waals surface area contributed by atoms with Gasteiger partial charge in [0.05, 0.1) is 6.42 Å². The second-order valence-electron chi connectivity index (χ2n) is 4.17. The van der Waals surface area contributed by atoms with Crippen LogP contribution in [0.2, 0.25) is 0 Å². The highest BCUT2D eigenvalue weighted by Gasteiger charge is 2.47. The molecule has 17 heavy (non-hydrogen) atoms. The Balaban J connectivity index is 2.82. The number of carbonyl (C=O) groups is 2. The average Bonchev–Trinajstić information content (AvgIpc) is 2.25. The molecule has 0 spiro atoms. The van der Waals surface area contributed by atoms with E-state index in [4.69, 9.17) is 14.6 Å².